The number of carbonyl (C=O) groups is 1. The Bertz CT molecular complexity index is 599. The van der Waals surface area contributed by atoms with E-state index >= 15 is 0 Å². The number of benzene rings is 1. The van der Waals surface area contributed by atoms with E-state index in [0.717, 1.165) is 29.0 Å². The van der Waals surface area contributed by atoms with Gasteiger partial charge in [0.1, 0.15) is 5.82 Å². The van der Waals surface area contributed by atoms with Crippen LogP contribution in [0, 0.1) is 5.92 Å². The van der Waals surface area contributed by atoms with Crippen LogP contribution in [0.4, 0.5) is 5.82 Å². The van der Waals surface area contributed by atoms with Crippen molar-refractivity contribution >= 4 is 35.3 Å². The van der Waals surface area contributed by atoms with Gasteiger partial charge in [0.25, 0.3) is 0 Å². The molecule has 1 atom stereocenters. The van der Waals surface area contributed by atoms with E-state index in [4.69, 9.17) is 0 Å². The van der Waals surface area contributed by atoms with E-state index in [0.29, 0.717) is 12.3 Å². The maximum atomic E-state index is 11.9. The molecule has 2 heterocycles. The van der Waals surface area contributed by atoms with Crippen LogP contribution in [0.2, 0.25) is 0 Å². The lowest BCUT2D eigenvalue weighted by Gasteiger charge is -2.15. The third kappa shape index (κ3) is 1.97. The highest BCUT2D eigenvalue weighted by Gasteiger charge is 2.30. The lowest BCUT2D eigenvalue weighted by molar-refractivity contribution is -0.117. The summed E-state index contributed by atoms with van der Waals surface area (Å²) in [5.41, 5.74) is 0.928. The molecule has 92 valence electrons. The fourth-order valence-electron chi connectivity index (χ4n) is 2.33. The van der Waals surface area contributed by atoms with Crippen molar-refractivity contribution in [3.8, 4) is 0 Å². The summed E-state index contributed by atoms with van der Waals surface area (Å²) in [4.78, 5) is 18.3. The molecule has 1 aliphatic heterocycles. The van der Waals surface area contributed by atoms with Gasteiger partial charge in [0.15, 0.2) is 0 Å². The molecule has 1 amide bonds. The summed E-state index contributed by atoms with van der Waals surface area (Å²) >= 11 is 4.27. The zero-order valence-corrected chi connectivity index (χ0v) is 10.8. The molecule has 1 unspecified atom stereocenters. The highest BCUT2D eigenvalue weighted by Crippen LogP contribution is 2.25. The number of amides is 1. The van der Waals surface area contributed by atoms with Crippen LogP contribution in [0.3, 0.4) is 0 Å². The SMILES string of the molecule is O=C1CC(CS)CN1c1ccc2ccccc2n1. The number of rotatable bonds is 2. The summed E-state index contributed by atoms with van der Waals surface area (Å²) in [6.45, 7) is 0.730. The van der Waals surface area contributed by atoms with Crippen molar-refractivity contribution in [2.75, 3.05) is 17.2 Å². The maximum Gasteiger partial charge on any atom is 0.228 e. The summed E-state index contributed by atoms with van der Waals surface area (Å²) in [6, 6.07) is 11.9. The first kappa shape index (κ1) is 11.5. The van der Waals surface area contributed by atoms with Gasteiger partial charge in [-0.2, -0.15) is 12.6 Å². The number of thiol groups is 1. The maximum absolute atomic E-state index is 11.9. The van der Waals surface area contributed by atoms with Crippen molar-refractivity contribution in [2.45, 2.75) is 6.42 Å². The Hall–Kier alpha value is -1.55. The van der Waals surface area contributed by atoms with Crippen molar-refractivity contribution in [3.05, 3.63) is 36.4 Å². The number of hydrogen-bond donors (Lipinski definition) is 1. The smallest absolute Gasteiger partial charge is 0.228 e. The van der Waals surface area contributed by atoms with Gasteiger partial charge in [-0.05, 0) is 29.9 Å². The molecule has 0 aliphatic carbocycles. The molecule has 0 spiro atoms. The molecule has 0 N–H and O–H groups in total. The molecule has 4 heteroatoms. The highest BCUT2D eigenvalue weighted by molar-refractivity contribution is 7.80. The van der Waals surface area contributed by atoms with Gasteiger partial charge >= 0.3 is 0 Å². The Morgan fingerprint density at radius 2 is 2.11 bits per heavy atom. The molecule has 3 nitrogen and oxygen atoms in total. The summed E-state index contributed by atoms with van der Waals surface area (Å²) in [5, 5.41) is 1.10. The number of fused-ring (bicyclic) bond motifs is 1. The second-order valence-electron chi connectivity index (χ2n) is 4.62. The fraction of sp³-hybridized carbons (Fsp3) is 0.286. The fourth-order valence-corrected chi connectivity index (χ4v) is 2.58. The van der Waals surface area contributed by atoms with Crippen LogP contribution in [-0.4, -0.2) is 23.2 Å². The van der Waals surface area contributed by atoms with Gasteiger partial charge in [0.05, 0.1) is 5.52 Å². The van der Waals surface area contributed by atoms with Crippen molar-refractivity contribution in [3.63, 3.8) is 0 Å². The molecule has 0 radical (unpaired) electrons. The number of nitrogens with zero attached hydrogens (tertiary/aromatic N) is 2. The minimum Gasteiger partial charge on any atom is -0.296 e. The van der Waals surface area contributed by atoms with Crippen molar-refractivity contribution in [2.24, 2.45) is 5.92 Å². The molecule has 0 saturated carbocycles. The number of aromatic nitrogens is 1. The molecule has 1 saturated heterocycles. The van der Waals surface area contributed by atoms with Gasteiger partial charge in [-0.15, -0.1) is 0 Å². The lowest BCUT2D eigenvalue weighted by atomic mass is 10.1. The van der Waals surface area contributed by atoms with Gasteiger partial charge in [0, 0.05) is 18.4 Å². The van der Waals surface area contributed by atoms with E-state index in [-0.39, 0.29) is 5.91 Å². The average molecular weight is 258 g/mol. The molecule has 1 fully saturated rings. The molecule has 3 rings (SSSR count). The van der Waals surface area contributed by atoms with E-state index < -0.39 is 0 Å². The predicted molar refractivity (Wildman–Crippen MR) is 76.1 cm³/mol. The van der Waals surface area contributed by atoms with Crippen LogP contribution in [0.15, 0.2) is 36.4 Å². The largest absolute Gasteiger partial charge is 0.296 e. The zero-order valence-electron chi connectivity index (χ0n) is 9.91. The Balaban J connectivity index is 1.97. The van der Waals surface area contributed by atoms with Gasteiger partial charge in [0.2, 0.25) is 5.91 Å². The summed E-state index contributed by atoms with van der Waals surface area (Å²) < 4.78 is 0. The molecular formula is C14H14N2OS. The van der Waals surface area contributed by atoms with E-state index in [1.807, 2.05) is 36.4 Å². The summed E-state index contributed by atoms with van der Waals surface area (Å²) in [7, 11) is 0. The first-order valence-electron chi connectivity index (χ1n) is 6.05. The predicted octanol–water partition coefficient (Wildman–Crippen LogP) is 2.52. The van der Waals surface area contributed by atoms with Crippen LogP contribution >= 0.6 is 12.6 Å². The summed E-state index contributed by atoms with van der Waals surface area (Å²) in [5.74, 6) is 1.99. The monoisotopic (exact) mass is 258 g/mol. The molecule has 0 bridgehead atoms. The van der Waals surface area contributed by atoms with E-state index in [2.05, 4.69) is 17.6 Å². The Kier molecular flexibility index (Phi) is 2.96. The number of carbonyl (C=O) groups excluding carboxylic acids is 1. The Labute approximate surface area is 111 Å². The quantitative estimate of drug-likeness (QED) is 0.840. The minimum absolute atomic E-state index is 0.150. The van der Waals surface area contributed by atoms with Gasteiger partial charge in [-0.1, -0.05) is 18.2 Å². The molecule has 18 heavy (non-hydrogen) atoms. The third-order valence-corrected chi connectivity index (χ3v) is 3.84. The topological polar surface area (TPSA) is 33.2 Å². The number of para-hydroxylation sites is 1. The first-order valence-corrected chi connectivity index (χ1v) is 6.68. The second kappa shape index (κ2) is 4.61. The minimum atomic E-state index is 0.150. The van der Waals surface area contributed by atoms with Crippen molar-refractivity contribution < 1.29 is 4.79 Å². The van der Waals surface area contributed by atoms with E-state index in [1.54, 1.807) is 4.90 Å². The molecule has 1 aliphatic rings. The van der Waals surface area contributed by atoms with Crippen LogP contribution in [0.25, 0.3) is 10.9 Å². The van der Waals surface area contributed by atoms with Crippen molar-refractivity contribution in [1.82, 2.24) is 4.98 Å². The lowest BCUT2D eigenvalue weighted by Crippen LogP contribution is -2.25. The van der Waals surface area contributed by atoms with Crippen LogP contribution in [0.1, 0.15) is 6.42 Å². The van der Waals surface area contributed by atoms with Crippen LogP contribution in [-0.2, 0) is 4.79 Å². The van der Waals surface area contributed by atoms with E-state index in [1.165, 1.54) is 0 Å². The van der Waals surface area contributed by atoms with Gasteiger partial charge in [-0.25, -0.2) is 4.98 Å². The van der Waals surface area contributed by atoms with Crippen molar-refractivity contribution in [1.29, 1.82) is 0 Å². The highest BCUT2D eigenvalue weighted by atomic mass is 32.1. The number of anilines is 1. The Morgan fingerprint density at radius 1 is 1.28 bits per heavy atom. The normalized spacial score (nSPS) is 19.7. The van der Waals surface area contributed by atoms with E-state index in [9.17, 15) is 4.79 Å². The first-order chi connectivity index (χ1) is 8.78. The zero-order chi connectivity index (χ0) is 12.5. The molecule has 1 aromatic heterocycles. The summed E-state index contributed by atoms with van der Waals surface area (Å²) in [6.07, 6.45) is 0.581. The number of hydrogen-bond acceptors (Lipinski definition) is 3. The molecule has 1 aromatic carbocycles. The number of pyridine rings is 1. The Morgan fingerprint density at radius 3 is 2.89 bits per heavy atom. The van der Waals surface area contributed by atoms with Gasteiger partial charge < -0.3 is 0 Å². The second-order valence-corrected chi connectivity index (χ2v) is 4.98. The third-order valence-electron chi connectivity index (χ3n) is 3.32. The van der Waals surface area contributed by atoms with Crippen LogP contribution < -0.4 is 4.90 Å². The van der Waals surface area contributed by atoms with Gasteiger partial charge in [-0.3, -0.25) is 9.69 Å². The van der Waals surface area contributed by atoms with Crippen LogP contribution in [0.5, 0.6) is 0 Å². The molecular weight excluding hydrogens is 244 g/mol. The molecule has 2 aromatic rings. The average Bonchev–Trinajstić information content (AvgIpc) is 2.79. The standard InChI is InChI=1S/C14H14N2OS/c17-14-7-10(9-18)8-16(14)13-6-5-11-3-1-2-4-12(11)15-13/h1-6,10,18H,7-9H2.